The van der Waals surface area contributed by atoms with Crippen molar-refractivity contribution in [3.05, 3.63) is 41.5 Å². The number of nitriles is 1. The minimum atomic E-state index is -0.554. The number of Topliss-reactive ketones (excluding diaryl/α,β-unsaturated/α-hetero) is 1. The maximum Gasteiger partial charge on any atom is 0.178 e. The number of hydrogen-bond acceptors (Lipinski definition) is 3. The minimum absolute atomic E-state index is 0.0832. The van der Waals surface area contributed by atoms with Crippen molar-refractivity contribution in [2.45, 2.75) is 32.3 Å². The van der Waals surface area contributed by atoms with Crippen LogP contribution in [0.2, 0.25) is 0 Å². The fraction of sp³-hybridized carbons (Fsp3) is 0.375. The molecule has 1 aromatic carbocycles. The number of hydrogen-bond donors (Lipinski definition) is 0. The van der Waals surface area contributed by atoms with Crippen LogP contribution in [0.5, 0.6) is 5.75 Å². The van der Waals surface area contributed by atoms with Crippen molar-refractivity contribution in [3.8, 4) is 11.8 Å². The number of ketones is 1. The first-order valence-corrected chi connectivity index (χ1v) is 6.40. The Morgan fingerprint density at radius 2 is 2.05 bits per heavy atom. The molecule has 0 bridgehead atoms. The lowest BCUT2D eigenvalue weighted by molar-refractivity contribution is -0.126. The fourth-order valence-electron chi connectivity index (χ4n) is 3.16. The van der Waals surface area contributed by atoms with Crippen molar-refractivity contribution >= 4 is 5.78 Å². The molecule has 3 heteroatoms. The molecule has 19 heavy (non-hydrogen) atoms. The molecule has 1 heterocycles. The lowest BCUT2D eigenvalue weighted by Gasteiger charge is -2.37. The third-order valence-corrected chi connectivity index (χ3v) is 3.90. The van der Waals surface area contributed by atoms with Gasteiger partial charge in [0.2, 0.25) is 0 Å². The van der Waals surface area contributed by atoms with Crippen LogP contribution in [0.1, 0.15) is 25.8 Å². The van der Waals surface area contributed by atoms with Crippen LogP contribution >= 0.6 is 0 Å². The molecule has 1 spiro atoms. The van der Waals surface area contributed by atoms with Crippen molar-refractivity contribution in [3.63, 3.8) is 0 Å². The zero-order chi connectivity index (χ0) is 13.7. The molecule has 3 nitrogen and oxygen atoms in total. The van der Waals surface area contributed by atoms with Gasteiger partial charge in [-0.1, -0.05) is 32.0 Å². The van der Waals surface area contributed by atoms with E-state index in [2.05, 4.69) is 0 Å². The Kier molecular flexibility index (Phi) is 2.34. The number of carbonyl (C=O) groups excluding carboxylic acids is 1. The summed E-state index contributed by atoms with van der Waals surface area (Å²) in [7, 11) is 0. The molecule has 3 rings (SSSR count). The van der Waals surface area contributed by atoms with E-state index in [1.807, 2.05) is 44.2 Å². The minimum Gasteiger partial charge on any atom is -0.482 e. The summed E-state index contributed by atoms with van der Waals surface area (Å²) in [5.41, 5.74) is 0.277. The van der Waals surface area contributed by atoms with Gasteiger partial charge in [0.05, 0.1) is 5.57 Å². The Morgan fingerprint density at radius 3 is 2.74 bits per heavy atom. The molecule has 1 aromatic rings. The van der Waals surface area contributed by atoms with Crippen LogP contribution < -0.4 is 4.74 Å². The highest BCUT2D eigenvalue weighted by Gasteiger charge is 2.49. The molecule has 0 amide bonds. The van der Waals surface area contributed by atoms with Gasteiger partial charge in [0.25, 0.3) is 0 Å². The molecule has 0 saturated carbocycles. The van der Waals surface area contributed by atoms with Crippen LogP contribution in [0.3, 0.4) is 0 Å². The van der Waals surface area contributed by atoms with Crippen LogP contribution in [0.4, 0.5) is 0 Å². The quantitative estimate of drug-likeness (QED) is 0.714. The first-order valence-electron chi connectivity index (χ1n) is 6.40. The highest BCUT2D eigenvalue weighted by Crippen LogP contribution is 2.46. The average Bonchev–Trinajstić information content (AvgIpc) is 2.70. The molecule has 1 aliphatic heterocycles. The van der Waals surface area contributed by atoms with E-state index in [0.29, 0.717) is 6.42 Å². The monoisotopic (exact) mass is 253 g/mol. The molecule has 0 aromatic heterocycles. The zero-order valence-corrected chi connectivity index (χ0v) is 11.1. The van der Waals surface area contributed by atoms with E-state index in [1.165, 1.54) is 0 Å². The average molecular weight is 253 g/mol. The van der Waals surface area contributed by atoms with Gasteiger partial charge < -0.3 is 4.74 Å². The Morgan fingerprint density at radius 1 is 1.32 bits per heavy atom. The van der Waals surface area contributed by atoms with E-state index >= 15 is 0 Å². The second-order valence-electron chi connectivity index (χ2n) is 6.01. The molecule has 2 aliphatic rings. The number of carbonyl (C=O) groups is 1. The lowest BCUT2D eigenvalue weighted by atomic mass is 9.69. The third-order valence-electron chi connectivity index (χ3n) is 3.90. The van der Waals surface area contributed by atoms with Crippen LogP contribution in [0, 0.1) is 16.7 Å². The summed E-state index contributed by atoms with van der Waals surface area (Å²) in [5.74, 6) is 0.779. The summed E-state index contributed by atoms with van der Waals surface area (Å²) in [6, 6.07) is 9.91. The van der Waals surface area contributed by atoms with Crippen molar-refractivity contribution in [1.29, 1.82) is 5.26 Å². The van der Waals surface area contributed by atoms with Gasteiger partial charge in [0.1, 0.15) is 17.4 Å². The van der Waals surface area contributed by atoms with Crippen LogP contribution in [0.15, 0.2) is 35.9 Å². The molecule has 96 valence electrons. The van der Waals surface area contributed by atoms with Gasteiger partial charge in [-0.25, -0.2) is 0 Å². The van der Waals surface area contributed by atoms with Gasteiger partial charge in [0.15, 0.2) is 5.78 Å². The van der Waals surface area contributed by atoms with Gasteiger partial charge in [-0.3, -0.25) is 4.79 Å². The van der Waals surface area contributed by atoms with Crippen LogP contribution in [0.25, 0.3) is 0 Å². The first kappa shape index (κ1) is 12.0. The normalized spacial score (nSPS) is 27.4. The first-order chi connectivity index (χ1) is 8.96. The SMILES string of the molecule is CC1(C)CC2(C=C(C#N)C1=O)Cc1ccccc1O2. The van der Waals surface area contributed by atoms with Crippen LogP contribution in [-0.4, -0.2) is 11.4 Å². The standard InChI is InChI=1S/C16H15NO2/c1-15(2)10-16(8-12(9-17)14(15)18)7-11-5-3-4-6-13(11)19-16/h3-6,8H,7,10H2,1-2H3. The Hall–Kier alpha value is -2.08. The van der Waals surface area contributed by atoms with E-state index in [9.17, 15) is 4.79 Å². The van der Waals surface area contributed by atoms with E-state index in [4.69, 9.17) is 10.00 Å². The molecule has 1 aliphatic carbocycles. The topological polar surface area (TPSA) is 50.1 Å². The number of fused-ring (bicyclic) bond motifs is 1. The number of nitrogens with zero attached hydrogens (tertiary/aromatic N) is 1. The highest BCUT2D eigenvalue weighted by molar-refractivity contribution is 6.04. The van der Waals surface area contributed by atoms with Gasteiger partial charge in [-0.05, 0) is 17.7 Å². The largest absolute Gasteiger partial charge is 0.482 e. The predicted octanol–water partition coefficient (Wildman–Crippen LogP) is 2.81. The second-order valence-corrected chi connectivity index (χ2v) is 6.01. The third kappa shape index (κ3) is 1.76. The van der Waals surface area contributed by atoms with E-state index in [-0.39, 0.29) is 11.4 Å². The molecule has 0 fully saturated rings. The highest BCUT2D eigenvalue weighted by atomic mass is 16.5. The number of rotatable bonds is 0. The summed E-state index contributed by atoms with van der Waals surface area (Å²) in [5, 5.41) is 9.16. The lowest BCUT2D eigenvalue weighted by Crippen LogP contribution is -2.45. The van der Waals surface area contributed by atoms with Crippen molar-refractivity contribution in [2.75, 3.05) is 0 Å². The van der Waals surface area contributed by atoms with E-state index < -0.39 is 11.0 Å². The van der Waals surface area contributed by atoms with Crippen molar-refractivity contribution in [1.82, 2.24) is 0 Å². The number of para-hydroxylation sites is 1. The summed E-state index contributed by atoms with van der Waals surface area (Å²) < 4.78 is 6.07. The molecule has 1 atom stereocenters. The van der Waals surface area contributed by atoms with Gasteiger partial charge in [-0.15, -0.1) is 0 Å². The summed E-state index contributed by atoms with van der Waals surface area (Å²) >= 11 is 0. The molecular formula is C16H15NO2. The second kappa shape index (κ2) is 3.71. The summed E-state index contributed by atoms with van der Waals surface area (Å²) in [6.07, 6.45) is 3.06. The smallest absolute Gasteiger partial charge is 0.178 e. The maximum absolute atomic E-state index is 12.1. The van der Waals surface area contributed by atoms with Crippen molar-refractivity contribution in [2.24, 2.45) is 5.41 Å². The molecule has 0 saturated heterocycles. The fourth-order valence-corrected chi connectivity index (χ4v) is 3.16. The Labute approximate surface area is 112 Å². The number of ether oxygens (including phenoxy) is 1. The molecule has 0 radical (unpaired) electrons. The molecule has 0 N–H and O–H groups in total. The van der Waals surface area contributed by atoms with Gasteiger partial charge in [-0.2, -0.15) is 5.26 Å². The Bertz CT molecular complexity index is 609. The van der Waals surface area contributed by atoms with Crippen LogP contribution in [-0.2, 0) is 11.2 Å². The van der Waals surface area contributed by atoms with Gasteiger partial charge in [0, 0.05) is 18.3 Å². The maximum atomic E-state index is 12.1. The van der Waals surface area contributed by atoms with E-state index in [0.717, 1.165) is 17.7 Å². The molecular weight excluding hydrogens is 238 g/mol. The summed E-state index contributed by atoms with van der Waals surface area (Å²) in [4.78, 5) is 12.1. The van der Waals surface area contributed by atoms with E-state index in [1.54, 1.807) is 6.08 Å². The number of benzene rings is 1. The molecule has 1 unspecified atom stereocenters. The predicted molar refractivity (Wildman–Crippen MR) is 70.6 cm³/mol. The van der Waals surface area contributed by atoms with Crippen molar-refractivity contribution < 1.29 is 9.53 Å². The summed E-state index contributed by atoms with van der Waals surface area (Å²) in [6.45, 7) is 3.77. The number of allylic oxidation sites excluding steroid dienone is 1. The zero-order valence-electron chi connectivity index (χ0n) is 11.1. The Balaban J connectivity index is 2.07. The van der Waals surface area contributed by atoms with Gasteiger partial charge >= 0.3 is 0 Å².